The number of benzene rings is 1. The average Bonchev–Trinajstić information content (AvgIpc) is 2.50. The molecule has 1 unspecified atom stereocenters. The number of ether oxygens (including phenoxy) is 2. The first-order valence-corrected chi connectivity index (χ1v) is 6.70. The molecule has 5 nitrogen and oxygen atoms in total. The van der Waals surface area contributed by atoms with Gasteiger partial charge in [0.1, 0.15) is 11.5 Å². The van der Waals surface area contributed by atoms with E-state index in [2.05, 4.69) is 5.32 Å². The Hall–Kier alpha value is -2.43. The van der Waals surface area contributed by atoms with Crippen LogP contribution in [0.3, 0.4) is 0 Å². The second kappa shape index (κ2) is 6.35. The first-order valence-electron chi connectivity index (χ1n) is 6.70. The Balaban J connectivity index is 2.25. The van der Waals surface area contributed by atoms with E-state index in [9.17, 15) is 4.79 Å². The lowest BCUT2D eigenvalue weighted by Gasteiger charge is -2.19. The summed E-state index contributed by atoms with van der Waals surface area (Å²) in [7, 11) is 4.99. The highest BCUT2D eigenvalue weighted by Crippen LogP contribution is 2.30. The molecule has 1 atom stereocenters. The van der Waals surface area contributed by atoms with Crippen LogP contribution in [-0.2, 0) is 7.05 Å². The molecule has 0 saturated heterocycles. The van der Waals surface area contributed by atoms with Crippen molar-refractivity contribution < 1.29 is 9.47 Å². The van der Waals surface area contributed by atoms with Crippen LogP contribution in [0.25, 0.3) is 0 Å². The Morgan fingerprint density at radius 2 is 1.90 bits per heavy atom. The van der Waals surface area contributed by atoms with E-state index < -0.39 is 0 Å². The molecule has 1 N–H and O–H groups in total. The molecule has 0 aliphatic heterocycles. The number of hydrogen-bond donors (Lipinski definition) is 1. The maximum Gasteiger partial charge on any atom is 0.250 e. The Labute approximate surface area is 124 Å². The molecule has 112 valence electrons. The van der Waals surface area contributed by atoms with Crippen LogP contribution < -0.4 is 20.3 Å². The Morgan fingerprint density at radius 1 is 1.14 bits per heavy atom. The van der Waals surface area contributed by atoms with Crippen LogP contribution in [0.2, 0.25) is 0 Å². The summed E-state index contributed by atoms with van der Waals surface area (Å²) in [4.78, 5) is 11.4. The smallest absolute Gasteiger partial charge is 0.250 e. The third kappa shape index (κ3) is 3.37. The summed E-state index contributed by atoms with van der Waals surface area (Å²) in [6, 6.07) is 9.07. The molecule has 21 heavy (non-hydrogen) atoms. The molecule has 0 bridgehead atoms. The first-order chi connectivity index (χ1) is 10.0. The summed E-state index contributed by atoms with van der Waals surface area (Å²) >= 11 is 0. The summed E-state index contributed by atoms with van der Waals surface area (Å²) in [6.45, 7) is 2.04. The fraction of sp³-hybridized carbons (Fsp3) is 0.312. The van der Waals surface area contributed by atoms with Crippen LogP contribution in [0.5, 0.6) is 11.5 Å². The predicted molar refractivity (Wildman–Crippen MR) is 83.3 cm³/mol. The van der Waals surface area contributed by atoms with Crippen LogP contribution >= 0.6 is 0 Å². The van der Waals surface area contributed by atoms with E-state index in [0.29, 0.717) is 0 Å². The Kier molecular flexibility index (Phi) is 4.52. The molecule has 5 heteroatoms. The second-order valence-corrected chi connectivity index (χ2v) is 4.84. The number of aryl methyl sites for hydroxylation is 1. The minimum Gasteiger partial charge on any atom is -0.497 e. The number of hydrogen-bond acceptors (Lipinski definition) is 4. The van der Waals surface area contributed by atoms with Crippen LogP contribution in [0.15, 0.2) is 41.3 Å². The summed E-state index contributed by atoms with van der Waals surface area (Å²) in [5.74, 6) is 1.52. The van der Waals surface area contributed by atoms with E-state index in [1.807, 2.05) is 25.1 Å². The zero-order valence-electron chi connectivity index (χ0n) is 12.7. The highest BCUT2D eigenvalue weighted by Gasteiger charge is 2.12. The lowest BCUT2D eigenvalue weighted by atomic mass is 10.1. The molecule has 1 aromatic carbocycles. The van der Waals surface area contributed by atoms with Gasteiger partial charge in [-0.2, -0.15) is 0 Å². The van der Waals surface area contributed by atoms with Gasteiger partial charge in [-0.15, -0.1) is 0 Å². The van der Waals surface area contributed by atoms with Gasteiger partial charge in [0.2, 0.25) is 5.56 Å². The third-order valence-corrected chi connectivity index (χ3v) is 3.38. The van der Waals surface area contributed by atoms with E-state index in [4.69, 9.17) is 9.47 Å². The monoisotopic (exact) mass is 288 g/mol. The maximum absolute atomic E-state index is 11.4. The minimum atomic E-state index is -0.0322. The molecule has 2 aromatic rings. The quantitative estimate of drug-likeness (QED) is 0.918. The standard InChI is InChI=1S/C16H20N2O3/c1-11(17-12-5-8-16(19)18(2)10-12)14-7-6-13(20-3)9-15(14)21-4/h5-11,17H,1-4H3. The van der Waals surface area contributed by atoms with Crippen molar-refractivity contribution in [2.24, 2.45) is 7.05 Å². The van der Waals surface area contributed by atoms with Gasteiger partial charge in [0.05, 0.1) is 25.9 Å². The number of nitrogens with one attached hydrogen (secondary N) is 1. The maximum atomic E-state index is 11.4. The molecule has 0 spiro atoms. The molecular formula is C16H20N2O3. The van der Waals surface area contributed by atoms with Crippen molar-refractivity contribution >= 4 is 5.69 Å². The van der Waals surface area contributed by atoms with Crippen molar-refractivity contribution in [2.45, 2.75) is 13.0 Å². The lowest BCUT2D eigenvalue weighted by molar-refractivity contribution is 0.390. The van der Waals surface area contributed by atoms with E-state index in [0.717, 1.165) is 22.7 Å². The number of rotatable bonds is 5. The molecule has 1 heterocycles. The molecule has 0 fully saturated rings. The molecule has 0 saturated carbocycles. The highest BCUT2D eigenvalue weighted by atomic mass is 16.5. The van der Waals surface area contributed by atoms with Crippen LogP contribution in [0.4, 0.5) is 5.69 Å². The molecule has 0 aliphatic rings. The molecule has 0 radical (unpaired) electrons. The molecular weight excluding hydrogens is 268 g/mol. The van der Waals surface area contributed by atoms with Crippen molar-refractivity contribution in [3.05, 3.63) is 52.4 Å². The zero-order chi connectivity index (χ0) is 15.4. The van der Waals surface area contributed by atoms with E-state index in [-0.39, 0.29) is 11.6 Å². The fourth-order valence-electron chi connectivity index (χ4n) is 2.18. The molecule has 0 aliphatic carbocycles. The summed E-state index contributed by atoms with van der Waals surface area (Å²) < 4.78 is 12.2. The van der Waals surface area contributed by atoms with E-state index >= 15 is 0 Å². The van der Waals surface area contributed by atoms with Gasteiger partial charge in [-0.25, -0.2) is 0 Å². The average molecular weight is 288 g/mol. The zero-order valence-corrected chi connectivity index (χ0v) is 12.7. The van der Waals surface area contributed by atoms with Gasteiger partial charge >= 0.3 is 0 Å². The summed E-state index contributed by atoms with van der Waals surface area (Å²) in [5.41, 5.74) is 1.87. The van der Waals surface area contributed by atoms with Gasteiger partial charge in [0, 0.05) is 30.9 Å². The largest absolute Gasteiger partial charge is 0.497 e. The normalized spacial score (nSPS) is 11.8. The number of aromatic nitrogens is 1. The minimum absolute atomic E-state index is 0.0309. The molecule has 1 aromatic heterocycles. The predicted octanol–water partition coefficient (Wildman–Crippen LogP) is 2.58. The van der Waals surface area contributed by atoms with Crippen molar-refractivity contribution in [1.82, 2.24) is 4.57 Å². The van der Waals surface area contributed by atoms with Crippen molar-refractivity contribution in [3.8, 4) is 11.5 Å². The first kappa shape index (κ1) is 15.0. The molecule has 0 amide bonds. The van der Waals surface area contributed by atoms with E-state index in [1.165, 1.54) is 0 Å². The molecule has 2 rings (SSSR count). The van der Waals surface area contributed by atoms with Crippen LogP contribution in [0, 0.1) is 0 Å². The fourth-order valence-corrected chi connectivity index (χ4v) is 2.18. The highest BCUT2D eigenvalue weighted by molar-refractivity contribution is 5.48. The van der Waals surface area contributed by atoms with Gasteiger partial charge in [-0.3, -0.25) is 4.79 Å². The third-order valence-electron chi connectivity index (χ3n) is 3.38. The number of nitrogens with zero attached hydrogens (tertiary/aromatic N) is 1. The second-order valence-electron chi connectivity index (χ2n) is 4.84. The number of methoxy groups -OCH3 is 2. The van der Waals surface area contributed by atoms with Gasteiger partial charge in [0.15, 0.2) is 0 Å². The number of anilines is 1. The van der Waals surface area contributed by atoms with Gasteiger partial charge in [-0.1, -0.05) is 0 Å². The van der Waals surface area contributed by atoms with Crippen molar-refractivity contribution in [3.63, 3.8) is 0 Å². The van der Waals surface area contributed by atoms with Crippen molar-refractivity contribution in [1.29, 1.82) is 0 Å². The van der Waals surface area contributed by atoms with Crippen LogP contribution in [-0.4, -0.2) is 18.8 Å². The van der Waals surface area contributed by atoms with Crippen molar-refractivity contribution in [2.75, 3.05) is 19.5 Å². The van der Waals surface area contributed by atoms with Gasteiger partial charge < -0.3 is 19.4 Å². The topological polar surface area (TPSA) is 52.5 Å². The van der Waals surface area contributed by atoms with E-state index in [1.54, 1.807) is 44.2 Å². The van der Waals surface area contributed by atoms with Gasteiger partial charge in [0.25, 0.3) is 0 Å². The van der Waals surface area contributed by atoms with Crippen LogP contribution in [0.1, 0.15) is 18.5 Å². The number of pyridine rings is 1. The SMILES string of the molecule is COc1ccc(C(C)Nc2ccc(=O)n(C)c2)c(OC)c1. The summed E-state index contributed by atoms with van der Waals surface area (Å²) in [6.07, 6.45) is 1.77. The Bertz CT molecular complexity index is 679. The van der Waals surface area contributed by atoms with Gasteiger partial charge in [-0.05, 0) is 25.1 Å². The Morgan fingerprint density at radius 3 is 2.52 bits per heavy atom. The summed E-state index contributed by atoms with van der Waals surface area (Å²) in [5, 5.41) is 3.36. The lowest BCUT2D eigenvalue weighted by Crippen LogP contribution is -2.16.